The number of hydrazine groups is 1. The third-order valence-electron chi connectivity index (χ3n) is 4.02. The predicted molar refractivity (Wildman–Crippen MR) is 79.8 cm³/mol. The first kappa shape index (κ1) is 13.7. The second-order valence-corrected chi connectivity index (χ2v) is 5.96. The monoisotopic (exact) mass is 288 g/mol. The van der Waals surface area contributed by atoms with Gasteiger partial charge in [0, 0.05) is 18.4 Å². The second-order valence-electron chi connectivity index (χ2n) is 5.96. The van der Waals surface area contributed by atoms with Gasteiger partial charge in [-0.05, 0) is 24.3 Å². The van der Waals surface area contributed by atoms with Gasteiger partial charge in [-0.25, -0.2) is 10.5 Å². The van der Waals surface area contributed by atoms with Crippen LogP contribution in [0, 0.1) is 5.41 Å². The molecule has 4 N–H and O–H groups in total. The Morgan fingerprint density at radius 2 is 2.10 bits per heavy atom. The lowest BCUT2D eigenvalue weighted by molar-refractivity contribution is 0.348. The summed E-state index contributed by atoms with van der Waals surface area (Å²) >= 11 is 0. The van der Waals surface area contributed by atoms with E-state index < -0.39 is 0 Å². The van der Waals surface area contributed by atoms with Gasteiger partial charge in [-0.3, -0.25) is 5.43 Å². The first-order chi connectivity index (χ1) is 10.1. The molecule has 2 aromatic rings. The zero-order chi connectivity index (χ0) is 14.9. The summed E-state index contributed by atoms with van der Waals surface area (Å²) in [6.07, 6.45) is 6.97. The van der Waals surface area contributed by atoms with Gasteiger partial charge in [-0.1, -0.05) is 20.3 Å². The number of hydrogen-bond acceptors (Lipinski definition) is 7. The number of nitrogens with one attached hydrogen (secondary N) is 2. The smallest absolute Gasteiger partial charge is 0.257 e. The number of hydrogen-bond donors (Lipinski definition) is 3. The average Bonchev–Trinajstić information content (AvgIpc) is 3.09. The number of nitrogen functional groups attached to an aromatic ring is 1. The zero-order valence-electron chi connectivity index (χ0n) is 12.2. The van der Waals surface area contributed by atoms with Crippen molar-refractivity contribution < 1.29 is 0 Å². The van der Waals surface area contributed by atoms with Crippen molar-refractivity contribution in [3.63, 3.8) is 0 Å². The number of nitrogens with two attached hydrogens (primary N) is 1. The Morgan fingerprint density at radius 1 is 1.29 bits per heavy atom. The van der Waals surface area contributed by atoms with Gasteiger partial charge in [0.15, 0.2) is 0 Å². The van der Waals surface area contributed by atoms with E-state index in [-0.39, 0.29) is 5.41 Å². The van der Waals surface area contributed by atoms with E-state index in [1.807, 2.05) is 6.07 Å². The maximum Gasteiger partial charge on any atom is 0.257 e. The molecule has 2 heterocycles. The van der Waals surface area contributed by atoms with E-state index in [2.05, 4.69) is 44.6 Å². The molecule has 21 heavy (non-hydrogen) atoms. The van der Waals surface area contributed by atoms with Gasteiger partial charge in [0.1, 0.15) is 0 Å². The minimum atomic E-state index is 0.231. The quantitative estimate of drug-likeness (QED) is 0.575. The number of aromatic nitrogens is 5. The van der Waals surface area contributed by atoms with Crippen LogP contribution in [0.5, 0.6) is 0 Å². The van der Waals surface area contributed by atoms with Crippen LogP contribution in [-0.4, -0.2) is 30.8 Å². The number of anilines is 2. The van der Waals surface area contributed by atoms with Crippen LogP contribution in [0.1, 0.15) is 33.1 Å². The summed E-state index contributed by atoms with van der Waals surface area (Å²) in [7, 11) is 0. The molecular weight excluding hydrogens is 268 g/mol. The number of rotatable bonds is 4. The Balaban J connectivity index is 1.90. The minimum Gasteiger partial charge on any atom is -0.351 e. The maximum atomic E-state index is 5.44. The Kier molecular flexibility index (Phi) is 3.46. The van der Waals surface area contributed by atoms with Crippen molar-refractivity contribution in [1.29, 1.82) is 0 Å². The van der Waals surface area contributed by atoms with Gasteiger partial charge in [-0.2, -0.15) is 20.1 Å². The summed E-state index contributed by atoms with van der Waals surface area (Å²) in [6, 6.07) is 2.16. The van der Waals surface area contributed by atoms with E-state index in [9.17, 15) is 0 Å². The van der Waals surface area contributed by atoms with Crippen molar-refractivity contribution >= 4 is 11.9 Å². The molecule has 1 aliphatic rings. The minimum absolute atomic E-state index is 0.231. The third kappa shape index (κ3) is 2.80. The van der Waals surface area contributed by atoms with E-state index in [1.165, 1.54) is 12.8 Å². The van der Waals surface area contributed by atoms with Crippen molar-refractivity contribution in [2.45, 2.75) is 39.2 Å². The summed E-state index contributed by atoms with van der Waals surface area (Å²) in [4.78, 5) is 12.9. The molecule has 2 aromatic heterocycles. The molecule has 8 heteroatoms. The topological polar surface area (TPSA) is 107 Å². The molecule has 0 bridgehead atoms. The van der Waals surface area contributed by atoms with E-state index in [0.717, 1.165) is 6.42 Å². The zero-order valence-corrected chi connectivity index (χ0v) is 12.2. The molecule has 8 nitrogen and oxygen atoms in total. The van der Waals surface area contributed by atoms with Crippen LogP contribution in [0.15, 0.2) is 18.5 Å². The molecule has 1 aliphatic carbocycles. The lowest BCUT2D eigenvalue weighted by Gasteiger charge is -2.27. The van der Waals surface area contributed by atoms with E-state index >= 15 is 0 Å². The van der Waals surface area contributed by atoms with Crippen molar-refractivity contribution in [1.82, 2.24) is 24.7 Å². The first-order valence-corrected chi connectivity index (χ1v) is 7.08. The average molecular weight is 288 g/mol. The fourth-order valence-electron chi connectivity index (χ4n) is 2.73. The highest BCUT2D eigenvalue weighted by molar-refractivity contribution is 5.38. The van der Waals surface area contributed by atoms with Crippen LogP contribution in [-0.2, 0) is 0 Å². The van der Waals surface area contributed by atoms with Crippen molar-refractivity contribution in [3.05, 3.63) is 18.5 Å². The van der Waals surface area contributed by atoms with E-state index in [1.54, 1.807) is 17.1 Å². The Bertz CT molecular complexity index is 607. The molecule has 1 saturated carbocycles. The molecule has 3 rings (SSSR count). The van der Waals surface area contributed by atoms with Gasteiger partial charge in [0.25, 0.3) is 5.95 Å². The summed E-state index contributed by atoms with van der Waals surface area (Å²) in [6.45, 7) is 4.52. The Morgan fingerprint density at radius 3 is 2.71 bits per heavy atom. The Hall–Kier alpha value is -2.22. The van der Waals surface area contributed by atoms with E-state index in [4.69, 9.17) is 5.84 Å². The summed E-state index contributed by atoms with van der Waals surface area (Å²) < 4.78 is 1.58. The highest BCUT2D eigenvalue weighted by Gasteiger charge is 2.34. The molecule has 1 fully saturated rings. The standard InChI is InChI=1S/C13H20N8/c1-13(2)6-3-5-9(13)16-10-17-11(20-14)19-12(18-10)21-8-4-7-15-21/h4,7-9H,3,5-6,14H2,1-2H3,(H2,16,17,18,19,20). The highest BCUT2D eigenvalue weighted by Crippen LogP contribution is 2.38. The molecule has 0 aromatic carbocycles. The van der Waals surface area contributed by atoms with Crippen LogP contribution in [0.25, 0.3) is 5.95 Å². The van der Waals surface area contributed by atoms with Crippen LogP contribution >= 0.6 is 0 Å². The van der Waals surface area contributed by atoms with Gasteiger partial charge in [-0.15, -0.1) is 0 Å². The summed E-state index contributed by atoms with van der Waals surface area (Å²) in [5.74, 6) is 6.70. The van der Waals surface area contributed by atoms with Gasteiger partial charge in [0.05, 0.1) is 0 Å². The van der Waals surface area contributed by atoms with Crippen LogP contribution in [0.2, 0.25) is 0 Å². The van der Waals surface area contributed by atoms with Crippen molar-refractivity contribution in [3.8, 4) is 5.95 Å². The fourth-order valence-corrected chi connectivity index (χ4v) is 2.73. The largest absolute Gasteiger partial charge is 0.351 e. The molecule has 0 radical (unpaired) electrons. The molecule has 112 valence electrons. The number of nitrogens with zero attached hydrogens (tertiary/aromatic N) is 5. The SMILES string of the molecule is CC1(C)CCCC1Nc1nc(NN)nc(-n2cccn2)n1. The summed E-state index contributed by atoms with van der Waals surface area (Å²) in [5.41, 5.74) is 2.70. The van der Waals surface area contributed by atoms with Crippen LogP contribution < -0.4 is 16.6 Å². The lowest BCUT2D eigenvalue weighted by Crippen LogP contribution is -2.32. The van der Waals surface area contributed by atoms with Gasteiger partial charge in [0.2, 0.25) is 11.9 Å². The maximum absolute atomic E-state index is 5.44. The predicted octanol–water partition coefficient (Wildman–Crippen LogP) is 1.33. The fraction of sp³-hybridized carbons (Fsp3) is 0.538. The molecule has 0 amide bonds. The highest BCUT2D eigenvalue weighted by atomic mass is 15.4. The first-order valence-electron chi connectivity index (χ1n) is 7.08. The van der Waals surface area contributed by atoms with Crippen molar-refractivity contribution in [2.24, 2.45) is 11.3 Å². The van der Waals surface area contributed by atoms with E-state index in [0.29, 0.717) is 23.9 Å². The molecule has 0 spiro atoms. The molecule has 0 saturated heterocycles. The molecule has 1 atom stereocenters. The molecule has 1 unspecified atom stereocenters. The third-order valence-corrected chi connectivity index (χ3v) is 4.02. The Labute approximate surface area is 123 Å². The second kappa shape index (κ2) is 5.28. The molecule has 0 aliphatic heterocycles. The molecular formula is C13H20N8. The van der Waals surface area contributed by atoms with Gasteiger partial charge < -0.3 is 5.32 Å². The van der Waals surface area contributed by atoms with Crippen LogP contribution in [0.4, 0.5) is 11.9 Å². The summed E-state index contributed by atoms with van der Waals surface area (Å²) in [5, 5.41) is 7.54. The lowest BCUT2D eigenvalue weighted by atomic mass is 9.87. The van der Waals surface area contributed by atoms with Crippen molar-refractivity contribution in [2.75, 3.05) is 10.7 Å². The van der Waals surface area contributed by atoms with Crippen LogP contribution in [0.3, 0.4) is 0 Å². The normalized spacial score (nSPS) is 20.4. The van der Waals surface area contributed by atoms with Gasteiger partial charge >= 0.3 is 0 Å².